The van der Waals surface area contributed by atoms with Crippen molar-refractivity contribution in [3.63, 3.8) is 0 Å². The summed E-state index contributed by atoms with van der Waals surface area (Å²) in [5.41, 5.74) is 8.18. The van der Waals surface area contributed by atoms with E-state index in [1.54, 1.807) is 72.8 Å². The molecule has 0 aliphatic rings. The van der Waals surface area contributed by atoms with Crippen LogP contribution in [0.5, 0.6) is 5.75 Å². The van der Waals surface area contributed by atoms with Gasteiger partial charge in [-0.1, -0.05) is 6.08 Å². The number of hydrogen-bond acceptors (Lipinski definition) is 12. The van der Waals surface area contributed by atoms with Gasteiger partial charge in [-0.2, -0.15) is 10.2 Å². The lowest BCUT2D eigenvalue weighted by Crippen LogP contribution is -2.24. The van der Waals surface area contributed by atoms with Gasteiger partial charge in [0, 0.05) is 25.2 Å². The number of benzene rings is 1. The van der Waals surface area contributed by atoms with E-state index in [2.05, 4.69) is 20.5 Å². The van der Waals surface area contributed by atoms with Gasteiger partial charge in [-0.3, -0.25) is 29.1 Å². The molecule has 0 bridgehead atoms. The van der Waals surface area contributed by atoms with Crippen molar-refractivity contribution in [1.29, 1.82) is 0 Å². The average molecular weight is 751 g/mol. The van der Waals surface area contributed by atoms with Crippen LogP contribution in [0.4, 0.5) is 5.95 Å². The summed E-state index contributed by atoms with van der Waals surface area (Å²) >= 11 is 0. The van der Waals surface area contributed by atoms with Crippen LogP contribution in [-0.2, 0) is 43.4 Å². The fourth-order valence-corrected chi connectivity index (χ4v) is 5.37. The normalized spacial score (nSPS) is 11.7. The van der Waals surface area contributed by atoms with Gasteiger partial charge in [-0.05, 0) is 78.8 Å². The summed E-state index contributed by atoms with van der Waals surface area (Å²) in [4.78, 5) is 55.0. The van der Waals surface area contributed by atoms with Crippen LogP contribution in [0.15, 0.2) is 36.4 Å². The molecule has 1 aromatic carbocycles. The number of carbonyl (C=O) groups excluding carboxylic acids is 4. The zero-order valence-corrected chi connectivity index (χ0v) is 32.0. The van der Waals surface area contributed by atoms with E-state index in [0.717, 1.165) is 0 Å². The summed E-state index contributed by atoms with van der Waals surface area (Å²) in [7, 11) is 0. The summed E-state index contributed by atoms with van der Waals surface area (Å²) in [5, 5.41) is 11.5. The van der Waals surface area contributed by atoms with Gasteiger partial charge in [0.05, 0.1) is 49.8 Å². The number of nitrogens with one attached hydrogen (secondary N) is 1. The summed E-state index contributed by atoms with van der Waals surface area (Å²) in [6, 6.07) is 6.38. The van der Waals surface area contributed by atoms with E-state index >= 15 is 0 Å². The van der Waals surface area contributed by atoms with Gasteiger partial charge >= 0.3 is 11.9 Å². The molecule has 0 aliphatic heterocycles. The smallest absolute Gasteiger partial charge is 0.356 e. The standard InChI is InChI=1S/C37H50N8O9/c1-8-44-28(20-24(3)41-44)34(48)40-36-39-27-22-26(33(38)47)23-30(52-19-18-51-17-16-50-15-12-31(46)54-37(5,6)7)32(27)43(36)13-10-11-14-53-35(49)29-21-25(4)42-45(29)9-2/h10-11,20-23H,8-9,12-19H2,1-7H3,(H2,38,47)(H,39,40,48). The van der Waals surface area contributed by atoms with Crippen molar-refractivity contribution in [1.82, 2.24) is 29.1 Å². The van der Waals surface area contributed by atoms with Gasteiger partial charge in [-0.25, -0.2) is 9.78 Å². The third-order valence-electron chi connectivity index (χ3n) is 7.65. The van der Waals surface area contributed by atoms with Crippen molar-refractivity contribution in [3.8, 4) is 5.75 Å². The molecule has 17 heteroatoms. The van der Waals surface area contributed by atoms with Crippen molar-refractivity contribution < 1.29 is 42.9 Å². The average Bonchev–Trinajstić information content (AvgIpc) is 3.79. The molecule has 3 N–H and O–H groups in total. The molecule has 0 aliphatic carbocycles. The number of hydrogen-bond donors (Lipinski definition) is 2. The number of anilines is 1. The maximum Gasteiger partial charge on any atom is 0.356 e. The maximum atomic E-state index is 13.5. The third kappa shape index (κ3) is 11.5. The number of nitrogens with zero attached hydrogens (tertiary/aromatic N) is 6. The first-order chi connectivity index (χ1) is 25.7. The van der Waals surface area contributed by atoms with E-state index in [9.17, 15) is 19.2 Å². The van der Waals surface area contributed by atoms with E-state index in [1.165, 1.54) is 12.1 Å². The molecular weight excluding hydrogens is 700 g/mol. The fourth-order valence-electron chi connectivity index (χ4n) is 5.37. The van der Waals surface area contributed by atoms with Gasteiger partial charge in [0.15, 0.2) is 0 Å². The number of carbonyl (C=O) groups is 4. The zero-order chi connectivity index (χ0) is 39.4. The molecule has 0 saturated carbocycles. The maximum absolute atomic E-state index is 13.5. The molecule has 0 spiro atoms. The molecule has 4 rings (SSSR count). The predicted molar refractivity (Wildman–Crippen MR) is 198 cm³/mol. The first-order valence-corrected chi connectivity index (χ1v) is 17.8. The van der Waals surface area contributed by atoms with Crippen molar-refractivity contribution in [3.05, 3.63) is 64.8 Å². The van der Waals surface area contributed by atoms with Crippen LogP contribution >= 0.6 is 0 Å². The third-order valence-corrected chi connectivity index (χ3v) is 7.65. The van der Waals surface area contributed by atoms with E-state index in [4.69, 9.17) is 29.4 Å². The molecule has 54 heavy (non-hydrogen) atoms. The van der Waals surface area contributed by atoms with Crippen LogP contribution in [0, 0.1) is 13.8 Å². The molecular formula is C37H50N8O9. The predicted octanol–water partition coefficient (Wildman–Crippen LogP) is 3.99. The van der Waals surface area contributed by atoms with E-state index in [-0.39, 0.29) is 75.8 Å². The molecule has 0 unspecified atom stereocenters. The lowest BCUT2D eigenvalue weighted by atomic mass is 10.1. The summed E-state index contributed by atoms with van der Waals surface area (Å²) in [5.74, 6) is -1.51. The first kappa shape index (κ1) is 41.2. The van der Waals surface area contributed by atoms with E-state index in [1.807, 2.05) is 13.8 Å². The molecule has 0 atom stereocenters. The van der Waals surface area contributed by atoms with Gasteiger partial charge in [0.25, 0.3) is 5.91 Å². The van der Waals surface area contributed by atoms with Crippen molar-refractivity contribution in [2.75, 3.05) is 45.0 Å². The van der Waals surface area contributed by atoms with Gasteiger partial charge < -0.3 is 34.0 Å². The fraction of sp³-hybridized carbons (Fsp3) is 0.486. The number of nitrogens with two attached hydrogens (primary N) is 1. The Hall–Kier alpha value is -5.55. The summed E-state index contributed by atoms with van der Waals surface area (Å²) in [6.07, 6.45) is 3.56. The number of fused-ring (bicyclic) bond motifs is 1. The Morgan fingerprint density at radius 2 is 1.48 bits per heavy atom. The molecule has 0 fully saturated rings. The van der Waals surface area contributed by atoms with Crippen LogP contribution in [0.2, 0.25) is 0 Å². The quantitative estimate of drug-likeness (QED) is 0.0747. The molecule has 17 nitrogen and oxygen atoms in total. The van der Waals surface area contributed by atoms with Crippen LogP contribution in [0.1, 0.15) is 83.8 Å². The summed E-state index contributed by atoms with van der Waals surface area (Å²) in [6.45, 7) is 14.9. The number of esters is 2. The van der Waals surface area contributed by atoms with E-state index < -0.39 is 23.4 Å². The van der Waals surface area contributed by atoms with Crippen molar-refractivity contribution >= 4 is 40.7 Å². The lowest BCUT2D eigenvalue weighted by molar-refractivity contribution is -0.156. The lowest BCUT2D eigenvalue weighted by Gasteiger charge is -2.19. The highest BCUT2D eigenvalue weighted by atomic mass is 16.6. The molecule has 3 aromatic heterocycles. The Balaban J connectivity index is 1.49. The van der Waals surface area contributed by atoms with Crippen molar-refractivity contribution in [2.24, 2.45) is 5.73 Å². The largest absolute Gasteiger partial charge is 0.489 e. The van der Waals surface area contributed by atoms with Gasteiger partial charge in [0.2, 0.25) is 11.9 Å². The minimum Gasteiger partial charge on any atom is -0.489 e. The van der Waals surface area contributed by atoms with Gasteiger partial charge in [0.1, 0.15) is 41.5 Å². The highest BCUT2D eigenvalue weighted by Gasteiger charge is 2.22. The van der Waals surface area contributed by atoms with E-state index in [0.29, 0.717) is 46.9 Å². The van der Waals surface area contributed by atoms with Gasteiger partial charge in [-0.15, -0.1) is 0 Å². The second-order valence-electron chi connectivity index (χ2n) is 13.2. The molecule has 4 aromatic rings. The SMILES string of the molecule is CCn1nc(C)cc1C(=O)Nc1nc2cc(C(N)=O)cc(OCCOCCOCCC(=O)OC(C)(C)C)c2n1CC=CCOC(=O)c1cc(C)nn1CC. The number of ether oxygens (including phenoxy) is 5. The first-order valence-electron chi connectivity index (χ1n) is 17.8. The van der Waals surface area contributed by atoms with Crippen LogP contribution in [0.25, 0.3) is 11.0 Å². The number of aryl methyl sites for hydroxylation is 4. The minimum absolute atomic E-state index is 0.0205. The number of aromatic nitrogens is 6. The molecule has 3 heterocycles. The number of allylic oxidation sites excluding steroid dienone is 1. The van der Waals surface area contributed by atoms with Crippen molar-refractivity contribution in [2.45, 2.75) is 80.1 Å². The van der Waals surface area contributed by atoms with Crippen LogP contribution < -0.4 is 15.8 Å². The topological polar surface area (TPSA) is 206 Å². The monoisotopic (exact) mass is 750 g/mol. The second kappa shape index (κ2) is 19.0. The number of amides is 2. The zero-order valence-electron chi connectivity index (χ0n) is 32.0. The molecule has 0 radical (unpaired) electrons. The Morgan fingerprint density at radius 3 is 2.13 bits per heavy atom. The summed E-state index contributed by atoms with van der Waals surface area (Å²) < 4.78 is 32.8. The minimum atomic E-state index is -0.690. The Labute approximate surface area is 313 Å². The van der Waals surface area contributed by atoms with Crippen LogP contribution in [0.3, 0.4) is 0 Å². The molecule has 2 amide bonds. The Bertz CT molecular complexity index is 1970. The molecule has 0 saturated heterocycles. The molecule has 292 valence electrons. The van der Waals surface area contributed by atoms with Crippen LogP contribution in [-0.4, -0.2) is 98.1 Å². The Kier molecular flexibility index (Phi) is 14.5. The number of rotatable bonds is 20. The number of primary amides is 1. The highest BCUT2D eigenvalue weighted by molar-refractivity contribution is 6.04. The number of imidazole rings is 1. The highest BCUT2D eigenvalue weighted by Crippen LogP contribution is 2.31. The second-order valence-corrected chi connectivity index (χ2v) is 13.2. The Morgan fingerprint density at radius 1 is 0.852 bits per heavy atom.